The van der Waals surface area contributed by atoms with E-state index in [1.165, 1.54) is 11.1 Å². The molecule has 4 rings (SSSR count). The van der Waals surface area contributed by atoms with E-state index in [4.69, 9.17) is 4.74 Å². The first-order valence-corrected chi connectivity index (χ1v) is 10.7. The molecular weight excluding hydrogens is 368 g/mol. The maximum atomic E-state index is 12.9. The Bertz CT molecular complexity index is 888. The van der Waals surface area contributed by atoms with Gasteiger partial charge in [-0.1, -0.05) is 0 Å². The highest BCUT2D eigenvalue weighted by atomic mass is 16.5. The van der Waals surface area contributed by atoms with Gasteiger partial charge in [0.1, 0.15) is 12.4 Å². The molecule has 1 aliphatic heterocycles. The molecule has 2 fully saturated rings. The van der Waals surface area contributed by atoms with Gasteiger partial charge in [-0.3, -0.25) is 9.69 Å². The lowest BCUT2D eigenvalue weighted by molar-refractivity contribution is -0.124. The monoisotopic (exact) mass is 400 g/mol. The number of carbonyl (C=O) groups is 1. The molecule has 0 radical (unpaired) electrons. The molecule has 1 aromatic carbocycles. The van der Waals surface area contributed by atoms with Crippen molar-refractivity contribution in [1.29, 1.82) is 0 Å². The van der Waals surface area contributed by atoms with Gasteiger partial charge >= 0.3 is 0 Å². The molecule has 0 bridgehead atoms. The summed E-state index contributed by atoms with van der Waals surface area (Å²) < 4.78 is 7.40. The zero-order valence-electron chi connectivity index (χ0n) is 17.6. The molecule has 29 heavy (non-hydrogen) atoms. The van der Waals surface area contributed by atoms with Gasteiger partial charge in [-0.2, -0.15) is 0 Å². The van der Waals surface area contributed by atoms with Crippen molar-refractivity contribution in [1.82, 2.24) is 19.8 Å². The lowest BCUT2D eigenvalue weighted by atomic mass is 9.86. The predicted molar refractivity (Wildman–Crippen MR) is 112 cm³/mol. The standard InChI is InChI=1S/C22H32N4O3/c1-14-11-18-20(12-15(14)2)26(16(3)23-18)13-21(27)24-17-5-4-6-19(22(17)28)25-7-9-29-10-8-25/h11-12,17,19,22,28H,4-10,13H2,1-3H3,(H,24,27)/t17-,19-,22-/m1/s1. The SMILES string of the molecule is Cc1cc2nc(C)n(CC(=O)N[C@@H]3CCC[C@@H](N4CCOCC4)[C@@H]3O)c2cc1C. The van der Waals surface area contributed by atoms with Crippen molar-refractivity contribution in [3.05, 3.63) is 29.1 Å². The largest absolute Gasteiger partial charge is 0.389 e. The third-order valence-corrected chi connectivity index (χ3v) is 6.54. The van der Waals surface area contributed by atoms with Crippen LogP contribution < -0.4 is 5.32 Å². The number of carbonyl (C=O) groups excluding carboxylic acids is 1. The summed E-state index contributed by atoms with van der Waals surface area (Å²) in [6.07, 6.45) is 2.25. The molecule has 1 saturated heterocycles. The lowest BCUT2D eigenvalue weighted by Gasteiger charge is -2.43. The van der Waals surface area contributed by atoms with E-state index in [0.29, 0.717) is 13.2 Å². The molecule has 2 heterocycles. The van der Waals surface area contributed by atoms with E-state index < -0.39 is 6.10 Å². The quantitative estimate of drug-likeness (QED) is 0.817. The van der Waals surface area contributed by atoms with Crippen LogP contribution in [0.1, 0.15) is 36.2 Å². The zero-order chi connectivity index (χ0) is 20.5. The first-order valence-electron chi connectivity index (χ1n) is 10.7. The van der Waals surface area contributed by atoms with Crippen LogP contribution in [0.25, 0.3) is 11.0 Å². The summed E-state index contributed by atoms with van der Waals surface area (Å²) in [5.74, 6) is 0.757. The molecular formula is C22H32N4O3. The normalized spacial score (nSPS) is 26.0. The van der Waals surface area contributed by atoms with E-state index in [1.807, 2.05) is 11.5 Å². The summed E-state index contributed by atoms with van der Waals surface area (Å²) in [6, 6.07) is 4.06. The first-order chi connectivity index (χ1) is 13.9. The topological polar surface area (TPSA) is 79.6 Å². The average Bonchev–Trinajstić information content (AvgIpc) is 2.99. The number of benzene rings is 1. The van der Waals surface area contributed by atoms with Crippen LogP contribution in [-0.4, -0.2) is 70.0 Å². The molecule has 1 aromatic heterocycles. The molecule has 0 unspecified atom stereocenters. The van der Waals surface area contributed by atoms with Gasteiger partial charge in [0.2, 0.25) is 5.91 Å². The number of hydrogen-bond acceptors (Lipinski definition) is 5. The van der Waals surface area contributed by atoms with Crippen LogP contribution in [0, 0.1) is 20.8 Å². The van der Waals surface area contributed by atoms with Gasteiger partial charge < -0.3 is 19.7 Å². The van der Waals surface area contributed by atoms with Crippen LogP contribution in [-0.2, 0) is 16.1 Å². The van der Waals surface area contributed by atoms with Crippen molar-refractivity contribution < 1.29 is 14.6 Å². The minimum Gasteiger partial charge on any atom is -0.389 e. The number of ether oxygens (including phenoxy) is 1. The Morgan fingerprint density at radius 1 is 1.21 bits per heavy atom. The van der Waals surface area contributed by atoms with E-state index >= 15 is 0 Å². The highest BCUT2D eigenvalue weighted by molar-refractivity contribution is 5.82. The van der Waals surface area contributed by atoms with Crippen LogP contribution in [0.3, 0.4) is 0 Å². The van der Waals surface area contributed by atoms with Gasteiger partial charge in [0.25, 0.3) is 0 Å². The van der Waals surface area contributed by atoms with Gasteiger partial charge in [0.15, 0.2) is 0 Å². The van der Waals surface area contributed by atoms with E-state index in [0.717, 1.165) is 49.2 Å². The van der Waals surface area contributed by atoms with Crippen molar-refractivity contribution in [2.75, 3.05) is 26.3 Å². The van der Waals surface area contributed by atoms with Crippen LogP contribution in [0.4, 0.5) is 0 Å². The van der Waals surface area contributed by atoms with Crippen LogP contribution >= 0.6 is 0 Å². The minimum absolute atomic E-state index is 0.0719. The Morgan fingerprint density at radius 3 is 2.69 bits per heavy atom. The first kappa shape index (κ1) is 20.3. The van der Waals surface area contributed by atoms with E-state index in [9.17, 15) is 9.90 Å². The number of morpholine rings is 1. The molecule has 1 saturated carbocycles. The molecule has 0 spiro atoms. The molecule has 2 aromatic rings. The number of aliphatic hydroxyl groups is 1. The summed E-state index contributed by atoms with van der Waals surface area (Å²) >= 11 is 0. The number of rotatable bonds is 4. The van der Waals surface area contributed by atoms with Gasteiger partial charge in [-0.15, -0.1) is 0 Å². The molecule has 3 atom stereocenters. The van der Waals surface area contributed by atoms with Crippen LogP contribution in [0.2, 0.25) is 0 Å². The smallest absolute Gasteiger partial charge is 0.240 e. The van der Waals surface area contributed by atoms with E-state index in [2.05, 4.69) is 41.2 Å². The number of amides is 1. The number of aryl methyl sites for hydroxylation is 3. The highest BCUT2D eigenvalue weighted by Crippen LogP contribution is 2.25. The van der Waals surface area contributed by atoms with Gasteiger partial charge in [-0.05, 0) is 63.3 Å². The Hall–Kier alpha value is -1.96. The Balaban J connectivity index is 1.45. The molecule has 7 heteroatoms. The van der Waals surface area contributed by atoms with Crippen molar-refractivity contribution in [3.63, 3.8) is 0 Å². The number of hydrogen-bond donors (Lipinski definition) is 2. The fourth-order valence-corrected chi connectivity index (χ4v) is 4.72. The molecule has 7 nitrogen and oxygen atoms in total. The van der Waals surface area contributed by atoms with Gasteiger partial charge in [0.05, 0.1) is 36.4 Å². The number of fused-ring (bicyclic) bond motifs is 1. The summed E-state index contributed by atoms with van der Waals surface area (Å²) in [5, 5.41) is 14.0. The van der Waals surface area contributed by atoms with E-state index in [-0.39, 0.29) is 24.5 Å². The zero-order valence-corrected chi connectivity index (χ0v) is 17.6. The van der Waals surface area contributed by atoms with Crippen molar-refractivity contribution in [3.8, 4) is 0 Å². The van der Waals surface area contributed by atoms with Crippen molar-refractivity contribution in [2.45, 2.75) is 64.8 Å². The second-order valence-electron chi connectivity index (χ2n) is 8.48. The maximum absolute atomic E-state index is 12.9. The lowest BCUT2D eigenvalue weighted by Crippen LogP contribution is -2.58. The summed E-state index contributed by atoms with van der Waals surface area (Å²) in [7, 11) is 0. The van der Waals surface area contributed by atoms with Gasteiger partial charge in [0, 0.05) is 19.1 Å². The van der Waals surface area contributed by atoms with Crippen molar-refractivity contribution in [2.24, 2.45) is 0 Å². The summed E-state index contributed by atoms with van der Waals surface area (Å²) in [4.78, 5) is 19.8. The van der Waals surface area contributed by atoms with Crippen LogP contribution in [0.15, 0.2) is 12.1 Å². The molecule has 2 aliphatic rings. The fourth-order valence-electron chi connectivity index (χ4n) is 4.72. The molecule has 1 amide bonds. The van der Waals surface area contributed by atoms with Crippen LogP contribution in [0.5, 0.6) is 0 Å². The van der Waals surface area contributed by atoms with E-state index in [1.54, 1.807) is 0 Å². The third kappa shape index (κ3) is 4.17. The average molecular weight is 401 g/mol. The second kappa shape index (κ2) is 8.42. The Kier molecular flexibility index (Phi) is 5.90. The molecule has 158 valence electrons. The number of aliphatic hydroxyl groups excluding tert-OH is 1. The highest BCUT2D eigenvalue weighted by Gasteiger charge is 2.36. The summed E-state index contributed by atoms with van der Waals surface area (Å²) in [6.45, 7) is 9.43. The summed E-state index contributed by atoms with van der Waals surface area (Å²) in [5.41, 5.74) is 4.29. The third-order valence-electron chi connectivity index (χ3n) is 6.54. The maximum Gasteiger partial charge on any atom is 0.240 e. The van der Waals surface area contributed by atoms with Crippen molar-refractivity contribution >= 4 is 16.9 Å². The fraction of sp³-hybridized carbons (Fsp3) is 0.636. The second-order valence-corrected chi connectivity index (χ2v) is 8.48. The molecule has 1 aliphatic carbocycles. The predicted octanol–water partition coefficient (Wildman–Crippen LogP) is 1.69. The Morgan fingerprint density at radius 2 is 1.93 bits per heavy atom. The number of imidazole rings is 1. The minimum atomic E-state index is -0.545. The number of nitrogens with zero attached hydrogens (tertiary/aromatic N) is 3. The number of nitrogens with one attached hydrogen (secondary N) is 1. The number of aromatic nitrogens is 2. The van der Waals surface area contributed by atoms with Gasteiger partial charge in [-0.25, -0.2) is 4.98 Å². The Labute approximate surface area is 172 Å². The molecule has 2 N–H and O–H groups in total.